The molecule has 1 rings (SSSR count). The molecule has 6 nitrogen and oxygen atoms in total. The minimum Gasteiger partial charge on any atom is -0.385 e. The molecule has 20 heavy (non-hydrogen) atoms. The van der Waals surface area contributed by atoms with Crippen LogP contribution in [0, 0.1) is 10.1 Å². The van der Waals surface area contributed by atoms with Gasteiger partial charge in [0.15, 0.2) is 0 Å². The zero-order valence-corrected chi connectivity index (χ0v) is 11.5. The lowest BCUT2D eigenvalue weighted by molar-refractivity contribution is -0.385. The molecule has 0 atom stereocenters. The number of benzene rings is 1. The molecule has 0 aliphatic rings. The van der Waals surface area contributed by atoms with Gasteiger partial charge in [0, 0.05) is 36.2 Å². The predicted octanol–water partition coefficient (Wildman–Crippen LogP) is 2.38. The van der Waals surface area contributed by atoms with Crippen LogP contribution in [0.25, 0.3) is 0 Å². The van der Waals surface area contributed by atoms with Crippen molar-refractivity contribution in [2.75, 3.05) is 23.9 Å². The summed E-state index contributed by atoms with van der Waals surface area (Å²) < 4.78 is 47.5. The molecule has 1 N–H and O–H groups in total. The highest BCUT2D eigenvalue weighted by atomic mass is 32.2. The SMILES string of the molecule is CS(=O)(=O)CCCNc1ccc([N+](=O)[O-])cc1C(F)F. The number of non-ortho nitro benzene ring substituents is 1. The number of nitro benzene ring substituents is 1. The second-order valence-electron chi connectivity index (χ2n) is 4.24. The zero-order chi connectivity index (χ0) is 15.3. The van der Waals surface area contributed by atoms with E-state index in [1.165, 1.54) is 6.07 Å². The number of rotatable bonds is 7. The summed E-state index contributed by atoms with van der Waals surface area (Å²) in [6.45, 7) is 0.185. The van der Waals surface area contributed by atoms with Crippen LogP contribution in [0.15, 0.2) is 18.2 Å². The summed E-state index contributed by atoms with van der Waals surface area (Å²) in [5.74, 6) is -0.0585. The van der Waals surface area contributed by atoms with E-state index in [2.05, 4.69) is 5.32 Å². The standard InChI is InChI=1S/C11H14F2N2O4S/c1-20(18,19)6-2-5-14-10-4-3-8(15(16)17)7-9(10)11(12)13/h3-4,7,11,14H,2,5-6H2,1H3. The second kappa shape index (κ2) is 6.60. The molecule has 0 aliphatic heterocycles. The van der Waals surface area contributed by atoms with Crippen LogP contribution in [-0.4, -0.2) is 31.9 Å². The van der Waals surface area contributed by atoms with Crippen LogP contribution in [0.1, 0.15) is 18.4 Å². The maximum atomic E-state index is 12.8. The number of sulfone groups is 1. The number of nitrogens with one attached hydrogen (secondary N) is 1. The fourth-order valence-corrected chi connectivity index (χ4v) is 2.23. The van der Waals surface area contributed by atoms with Crippen molar-refractivity contribution in [3.05, 3.63) is 33.9 Å². The summed E-state index contributed by atoms with van der Waals surface area (Å²) in [7, 11) is -3.10. The van der Waals surface area contributed by atoms with Gasteiger partial charge in [-0.1, -0.05) is 0 Å². The largest absolute Gasteiger partial charge is 0.385 e. The van der Waals surface area contributed by atoms with Crippen LogP contribution in [0.3, 0.4) is 0 Å². The summed E-state index contributed by atoms with van der Waals surface area (Å²) in [5, 5.41) is 13.2. The molecular formula is C11H14F2N2O4S. The van der Waals surface area contributed by atoms with E-state index in [9.17, 15) is 27.3 Å². The Hall–Kier alpha value is -1.77. The Morgan fingerprint density at radius 2 is 2.05 bits per heavy atom. The number of nitrogens with zero attached hydrogens (tertiary/aromatic N) is 1. The molecule has 0 amide bonds. The van der Waals surface area contributed by atoms with E-state index in [-0.39, 0.29) is 24.4 Å². The Labute approximate surface area is 114 Å². The van der Waals surface area contributed by atoms with Crippen LogP contribution < -0.4 is 5.32 Å². The fourth-order valence-electron chi connectivity index (χ4n) is 1.56. The highest BCUT2D eigenvalue weighted by Gasteiger charge is 2.17. The van der Waals surface area contributed by atoms with Crippen LogP contribution in [0.2, 0.25) is 0 Å². The molecule has 0 saturated heterocycles. The van der Waals surface area contributed by atoms with Crippen molar-refractivity contribution < 1.29 is 22.1 Å². The lowest BCUT2D eigenvalue weighted by Gasteiger charge is -2.11. The topological polar surface area (TPSA) is 89.3 Å². The number of hydrogen-bond donors (Lipinski definition) is 1. The van der Waals surface area contributed by atoms with Crippen LogP contribution >= 0.6 is 0 Å². The van der Waals surface area contributed by atoms with Crippen LogP contribution in [0.4, 0.5) is 20.2 Å². The van der Waals surface area contributed by atoms with Gasteiger partial charge >= 0.3 is 0 Å². The van der Waals surface area contributed by atoms with Gasteiger partial charge in [0.05, 0.1) is 10.7 Å². The van der Waals surface area contributed by atoms with Crippen molar-refractivity contribution in [3.8, 4) is 0 Å². The second-order valence-corrected chi connectivity index (χ2v) is 6.50. The average molecular weight is 308 g/mol. The third-order valence-corrected chi connectivity index (χ3v) is 3.52. The highest BCUT2D eigenvalue weighted by Crippen LogP contribution is 2.30. The molecule has 0 aromatic heterocycles. The van der Waals surface area contributed by atoms with Crippen molar-refractivity contribution in [3.63, 3.8) is 0 Å². The first-order chi connectivity index (χ1) is 9.20. The molecule has 112 valence electrons. The first-order valence-corrected chi connectivity index (χ1v) is 7.75. The van der Waals surface area contributed by atoms with Crippen molar-refractivity contribution in [2.45, 2.75) is 12.8 Å². The van der Waals surface area contributed by atoms with Gasteiger partial charge in [-0.25, -0.2) is 17.2 Å². The normalized spacial score (nSPS) is 11.6. The maximum absolute atomic E-state index is 12.8. The van der Waals surface area contributed by atoms with E-state index in [0.29, 0.717) is 0 Å². The third-order valence-electron chi connectivity index (χ3n) is 2.49. The van der Waals surface area contributed by atoms with Gasteiger partial charge in [-0.05, 0) is 12.5 Å². The first kappa shape index (κ1) is 16.3. The molecule has 9 heteroatoms. The monoisotopic (exact) mass is 308 g/mol. The predicted molar refractivity (Wildman–Crippen MR) is 70.9 cm³/mol. The van der Waals surface area contributed by atoms with Crippen molar-refractivity contribution >= 4 is 21.2 Å². The quantitative estimate of drug-likeness (QED) is 0.474. The molecule has 0 saturated carbocycles. The molecule has 1 aromatic rings. The van der Waals surface area contributed by atoms with E-state index in [4.69, 9.17) is 0 Å². The average Bonchev–Trinajstić information content (AvgIpc) is 2.33. The molecule has 0 fully saturated rings. The Balaban J connectivity index is 2.77. The fraction of sp³-hybridized carbons (Fsp3) is 0.455. The first-order valence-electron chi connectivity index (χ1n) is 5.69. The smallest absolute Gasteiger partial charge is 0.270 e. The summed E-state index contributed by atoms with van der Waals surface area (Å²) in [6, 6.07) is 3.12. The van der Waals surface area contributed by atoms with E-state index in [1.54, 1.807) is 0 Å². The van der Waals surface area contributed by atoms with Crippen LogP contribution in [-0.2, 0) is 9.84 Å². The highest BCUT2D eigenvalue weighted by molar-refractivity contribution is 7.90. The van der Waals surface area contributed by atoms with Gasteiger partial charge in [0.25, 0.3) is 12.1 Å². The molecule has 0 radical (unpaired) electrons. The Morgan fingerprint density at radius 1 is 1.40 bits per heavy atom. The minimum absolute atomic E-state index is 0.0585. The molecule has 0 unspecified atom stereocenters. The summed E-state index contributed by atoms with van der Waals surface area (Å²) in [4.78, 5) is 9.78. The van der Waals surface area contributed by atoms with E-state index in [0.717, 1.165) is 18.4 Å². The van der Waals surface area contributed by atoms with Crippen molar-refractivity contribution in [1.82, 2.24) is 0 Å². The van der Waals surface area contributed by atoms with Crippen LogP contribution in [0.5, 0.6) is 0 Å². The van der Waals surface area contributed by atoms with Gasteiger partial charge in [0.2, 0.25) is 0 Å². The van der Waals surface area contributed by atoms with Gasteiger partial charge in [0.1, 0.15) is 9.84 Å². The Bertz CT molecular complexity index is 590. The van der Waals surface area contributed by atoms with Gasteiger partial charge in [-0.15, -0.1) is 0 Å². The number of hydrogen-bond acceptors (Lipinski definition) is 5. The lowest BCUT2D eigenvalue weighted by Crippen LogP contribution is -2.11. The molecule has 0 heterocycles. The van der Waals surface area contributed by atoms with E-state index < -0.39 is 32.4 Å². The number of anilines is 1. The minimum atomic E-state index is -3.10. The Kier molecular flexibility index (Phi) is 5.37. The molecule has 1 aromatic carbocycles. The Morgan fingerprint density at radius 3 is 2.55 bits per heavy atom. The van der Waals surface area contributed by atoms with Crippen molar-refractivity contribution in [1.29, 1.82) is 0 Å². The summed E-state index contributed by atoms with van der Waals surface area (Å²) in [5.41, 5.74) is -0.820. The number of halogens is 2. The van der Waals surface area contributed by atoms with Crippen molar-refractivity contribution in [2.24, 2.45) is 0 Å². The van der Waals surface area contributed by atoms with Gasteiger partial charge in [-0.3, -0.25) is 10.1 Å². The van der Waals surface area contributed by atoms with E-state index in [1.807, 2.05) is 0 Å². The molecular weight excluding hydrogens is 294 g/mol. The number of nitro groups is 1. The molecule has 0 spiro atoms. The van der Waals surface area contributed by atoms with Gasteiger partial charge in [-0.2, -0.15) is 0 Å². The molecule has 0 bridgehead atoms. The molecule has 0 aliphatic carbocycles. The van der Waals surface area contributed by atoms with E-state index >= 15 is 0 Å². The third kappa shape index (κ3) is 5.08. The van der Waals surface area contributed by atoms with Gasteiger partial charge < -0.3 is 5.32 Å². The number of alkyl halides is 2. The zero-order valence-electron chi connectivity index (χ0n) is 10.7. The maximum Gasteiger partial charge on any atom is 0.270 e. The lowest BCUT2D eigenvalue weighted by atomic mass is 10.1. The summed E-state index contributed by atoms with van der Waals surface area (Å²) >= 11 is 0. The summed E-state index contributed by atoms with van der Waals surface area (Å²) in [6.07, 6.45) is -1.51.